The third-order valence-electron chi connectivity index (χ3n) is 3.52. The molecule has 0 aliphatic carbocycles. The van der Waals surface area contributed by atoms with Crippen LogP contribution in [0, 0.1) is 0 Å². The number of anilines is 1. The summed E-state index contributed by atoms with van der Waals surface area (Å²) in [5.41, 5.74) is 0.750. The molecule has 2 heterocycles. The van der Waals surface area contributed by atoms with Gasteiger partial charge in [0.1, 0.15) is 5.82 Å². The van der Waals surface area contributed by atoms with Crippen LogP contribution in [0.15, 0.2) is 30.3 Å². The first kappa shape index (κ1) is 12.8. The number of nitrogens with zero attached hydrogens (tertiary/aromatic N) is 2. The summed E-state index contributed by atoms with van der Waals surface area (Å²) in [6.07, 6.45) is -1.67. The quantitative estimate of drug-likeness (QED) is 0.737. The molecule has 0 saturated carbocycles. The van der Waals surface area contributed by atoms with Crippen molar-refractivity contribution < 1.29 is 20.1 Å². The minimum Gasteiger partial charge on any atom is -0.478 e. The van der Waals surface area contributed by atoms with E-state index in [4.69, 9.17) is 0 Å². The number of aliphatic hydroxyl groups excluding tert-OH is 2. The van der Waals surface area contributed by atoms with Crippen LogP contribution in [0.4, 0.5) is 5.82 Å². The van der Waals surface area contributed by atoms with Gasteiger partial charge in [-0.1, -0.05) is 18.2 Å². The minimum absolute atomic E-state index is 0.168. The SMILES string of the molecule is O=C(O)c1cc(N2CC(O)C(O)C2)nc2ccccc12. The number of carboxylic acid groups (broad SMARTS) is 1. The minimum atomic E-state index is -1.02. The van der Waals surface area contributed by atoms with Crippen LogP contribution in [-0.4, -0.2) is 51.6 Å². The lowest BCUT2D eigenvalue weighted by molar-refractivity contribution is 0.0572. The summed E-state index contributed by atoms with van der Waals surface area (Å²) >= 11 is 0. The van der Waals surface area contributed by atoms with Crippen molar-refractivity contribution in [1.82, 2.24) is 4.98 Å². The van der Waals surface area contributed by atoms with E-state index in [9.17, 15) is 20.1 Å². The van der Waals surface area contributed by atoms with Gasteiger partial charge < -0.3 is 20.2 Å². The first-order chi connectivity index (χ1) is 9.56. The van der Waals surface area contributed by atoms with Gasteiger partial charge in [-0.25, -0.2) is 9.78 Å². The number of carbonyl (C=O) groups is 1. The van der Waals surface area contributed by atoms with Crippen molar-refractivity contribution in [1.29, 1.82) is 0 Å². The summed E-state index contributed by atoms with van der Waals surface area (Å²) in [6, 6.07) is 8.49. The summed E-state index contributed by atoms with van der Waals surface area (Å²) in [7, 11) is 0. The molecule has 2 unspecified atom stereocenters. The smallest absolute Gasteiger partial charge is 0.336 e. The zero-order valence-electron chi connectivity index (χ0n) is 10.6. The molecule has 104 valence electrons. The number of benzene rings is 1. The number of aromatic nitrogens is 1. The Morgan fingerprint density at radius 1 is 1.20 bits per heavy atom. The summed E-state index contributed by atoms with van der Waals surface area (Å²) in [5.74, 6) is -0.568. The zero-order valence-corrected chi connectivity index (χ0v) is 10.6. The lowest BCUT2D eigenvalue weighted by Crippen LogP contribution is -2.22. The monoisotopic (exact) mass is 274 g/mol. The average Bonchev–Trinajstić information content (AvgIpc) is 2.77. The van der Waals surface area contributed by atoms with E-state index in [0.29, 0.717) is 16.7 Å². The molecule has 1 saturated heterocycles. The summed E-state index contributed by atoms with van der Waals surface area (Å²) < 4.78 is 0. The molecule has 1 aromatic heterocycles. The van der Waals surface area contributed by atoms with Crippen LogP contribution < -0.4 is 4.90 Å². The second-order valence-corrected chi connectivity index (χ2v) is 4.89. The van der Waals surface area contributed by atoms with Gasteiger partial charge in [0.15, 0.2) is 0 Å². The number of aliphatic hydroxyl groups is 2. The molecule has 20 heavy (non-hydrogen) atoms. The number of carboxylic acids is 1. The molecule has 0 radical (unpaired) electrons. The van der Waals surface area contributed by atoms with E-state index in [-0.39, 0.29) is 18.7 Å². The number of β-amino-alcohol motifs (C(OH)–C–C–N with tert-alkyl or cyclic N) is 2. The molecule has 2 atom stereocenters. The van der Waals surface area contributed by atoms with Gasteiger partial charge in [-0.3, -0.25) is 0 Å². The third-order valence-corrected chi connectivity index (χ3v) is 3.52. The van der Waals surface area contributed by atoms with E-state index in [1.807, 2.05) is 0 Å². The number of rotatable bonds is 2. The molecule has 1 aromatic carbocycles. The van der Waals surface area contributed by atoms with Gasteiger partial charge in [-0.05, 0) is 12.1 Å². The van der Waals surface area contributed by atoms with Gasteiger partial charge in [0, 0.05) is 18.5 Å². The number of hydrogen-bond acceptors (Lipinski definition) is 5. The van der Waals surface area contributed by atoms with Crippen LogP contribution in [0.2, 0.25) is 0 Å². The Morgan fingerprint density at radius 2 is 1.85 bits per heavy atom. The number of hydrogen-bond donors (Lipinski definition) is 3. The summed E-state index contributed by atoms with van der Waals surface area (Å²) in [6.45, 7) is 0.483. The van der Waals surface area contributed by atoms with Crippen LogP contribution in [0.5, 0.6) is 0 Å². The zero-order chi connectivity index (χ0) is 14.3. The molecule has 1 aliphatic heterocycles. The number of fused-ring (bicyclic) bond motifs is 1. The largest absolute Gasteiger partial charge is 0.478 e. The van der Waals surface area contributed by atoms with Gasteiger partial charge >= 0.3 is 5.97 Å². The topological polar surface area (TPSA) is 93.9 Å². The lowest BCUT2D eigenvalue weighted by atomic mass is 10.1. The molecule has 1 aliphatic rings. The van der Waals surface area contributed by atoms with Crippen LogP contribution in [0.25, 0.3) is 10.9 Å². The Labute approximate surface area is 114 Å². The molecule has 1 fully saturated rings. The Bertz CT molecular complexity index is 663. The standard InChI is InChI=1S/C14H14N2O4/c17-11-6-16(7-12(11)18)13-5-9(14(19)20)8-3-1-2-4-10(8)15-13/h1-5,11-12,17-18H,6-7H2,(H,19,20). The van der Waals surface area contributed by atoms with Crippen molar-refractivity contribution in [3.63, 3.8) is 0 Å². The van der Waals surface area contributed by atoms with Crippen molar-refractivity contribution >= 4 is 22.7 Å². The van der Waals surface area contributed by atoms with E-state index in [2.05, 4.69) is 4.98 Å². The summed E-state index contributed by atoms with van der Waals surface area (Å²) in [4.78, 5) is 17.5. The van der Waals surface area contributed by atoms with E-state index >= 15 is 0 Å². The molecular formula is C14H14N2O4. The first-order valence-electron chi connectivity index (χ1n) is 6.30. The number of aromatic carboxylic acids is 1. The fourth-order valence-electron chi connectivity index (χ4n) is 2.46. The second-order valence-electron chi connectivity index (χ2n) is 4.89. The van der Waals surface area contributed by atoms with E-state index in [1.54, 1.807) is 29.2 Å². The second kappa shape index (κ2) is 4.73. The van der Waals surface area contributed by atoms with Crippen molar-refractivity contribution in [2.75, 3.05) is 18.0 Å². The molecule has 6 nitrogen and oxygen atoms in total. The van der Waals surface area contributed by atoms with Gasteiger partial charge in [-0.2, -0.15) is 0 Å². The Hall–Kier alpha value is -2.18. The highest BCUT2D eigenvalue weighted by atomic mass is 16.4. The Balaban J connectivity index is 2.11. The summed E-state index contributed by atoms with van der Waals surface area (Å²) in [5, 5.41) is 29.1. The van der Waals surface area contributed by atoms with Gasteiger partial charge in [0.2, 0.25) is 0 Å². The van der Waals surface area contributed by atoms with Crippen molar-refractivity contribution in [2.24, 2.45) is 0 Å². The average molecular weight is 274 g/mol. The molecule has 2 aromatic rings. The van der Waals surface area contributed by atoms with Gasteiger partial charge in [0.25, 0.3) is 0 Å². The van der Waals surface area contributed by atoms with Crippen molar-refractivity contribution in [3.05, 3.63) is 35.9 Å². The highest BCUT2D eigenvalue weighted by Crippen LogP contribution is 2.25. The number of pyridine rings is 1. The van der Waals surface area contributed by atoms with Gasteiger partial charge in [0.05, 0.1) is 23.3 Å². The van der Waals surface area contributed by atoms with Crippen molar-refractivity contribution in [2.45, 2.75) is 12.2 Å². The predicted octanol–water partition coefficient (Wildman–Crippen LogP) is 0.475. The maximum Gasteiger partial charge on any atom is 0.336 e. The van der Waals surface area contributed by atoms with Crippen molar-refractivity contribution in [3.8, 4) is 0 Å². The molecule has 3 N–H and O–H groups in total. The van der Waals surface area contributed by atoms with Crippen LogP contribution >= 0.6 is 0 Å². The van der Waals surface area contributed by atoms with Gasteiger partial charge in [-0.15, -0.1) is 0 Å². The normalized spacial score (nSPS) is 22.4. The van der Waals surface area contributed by atoms with Crippen LogP contribution in [0.3, 0.4) is 0 Å². The maximum absolute atomic E-state index is 11.4. The van der Waals surface area contributed by atoms with Crippen LogP contribution in [-0.2, 0) is 0 Å². The third kappa shape index (κ3) is 2.09. The van der Waals surface area contributed by atoms with E-state index in [1.165, 1.54) is 6.07 Å². The molecule has 0 amide bonds. The molecule has 0 bridgehead atoms. The lowest BCUT2D eigenvalue weighted by Gasteiger charge is -2.17. The Kier molecular flexibility index (Phi) is 3.04. The maximum atomic E-state index is 11.4. The predicted molar refractivity (Wildman–Crippen MR) is 72.9 cm³/mol. The van der Waals surface area contributed by atoms with Crippen LogP contribution in [0.1, 0.15) is 10.4 Å². The molecular weight excluding hydrogens is 260 g/mol. The van der Waals surface area contributed by atoms with E-state index < -0.39 is 18.2 Å². The Morgan fingerprint density at radius 3 is 2.50 bits per heavy atom. The molecule has 3 rings (SSSR count). The highest BCUT2D eigenvalue weighted by Gasteiger charge is 2.31. The number of para-hydroxylation sites is 1. The first-order valence-corrected chi connectivity index (χ1v) is 6.30. The molecule has 6 heteroatoms. The molecule has 0 spiro atoms. The highest BCUT2D eigenvalue weighted by molar-refractivity contribution is 6.03. The van der Waals surface area contributed by atoms with E-state index in [0.717, 1.165) is 0 Å². The fraction of sp³-hybridized carbons (Fsp3) is 0.286. The fourth-order valence-corrected chi connectivity index (χ4v) is 2.46.